The van der Waals surface area contributed by atoms with Crippen molar-refractivity contribution >= 4 is 21.6 Å². The Kier molecular flexibility index (Phi) is 4.69. The van der Waals surface area contributed by atoms with Crippen molar-refractivity contribution < 1.29 is 12.8 Å². The van der Waals surface area contributed by atoms with Crippen LogP contribution in [0.5, 0.6) is 0 Å². The zero-order chi connectivity index (χ0) is 14.9. The van der Waals surface area contributed by atoms with Crippen molar-refractivity contribution in [1.82, 2.24) is 4.31 Å². The molecule has 1 aliphatic heterocycles. The molecular formula is C13H18ClFN2O2S. The second kappa shape index (κ2) is 5.97. The average molecular weight is 321 g/mol. The van der Waals surface area contributed by atoms with Crippen LogP contribution in [0.1, 0.15) is 26.2 Å². The number of halogens is 2. The Morgan fingerprint density at radius 1 is 1.45 bits per heavy atom. The maximum atomic E-state index is 13.1. The molecule has 1 aromatic rings. The molecule has 0 aromatic heterocycles. The largest absolute Gasteiger partial charge is 0.329 e. The van der Waals surface area contributed by atoms with Crippen LogP contribution in [0.3, 0.4) is 0 Å². The van der Waals surface area contributed by atoms with Gasteiger partial charge in [-0.1, -0.05) is 18.0 Å². The molecule has 0 saturated carbocycles. The SMILES string of the molecule is CC1CCCC(CN)N1S(=O)(=O)c1ccc(F)cc1Cl. The van der Waals surface area contributed by atoms with E-state index in [-0.39, 0.29) is 28.5 Å². The molecule has 1 saturated heterocycles. The van der Waals surface area contributed by atoms with Crippen LogP contribution < -0.4 is 5.73 Å². The van der Waals surface area contributed by atoms with E-state index in [4.69, 9.17) is 17.3 Å². The normalized spacial score (nSPS) is 24.8. The molecule has 1 aromatic carbocycles. The van der Waals surface area contributed by atoms with Crippen molar-refractivity contribution in [2.75, 3.05) is 6.54 Å². The van der Waals surface area contributed by atoms with Gasteiger partial charge >= 0.3 is 0 Å². The molecule has 1 heterocycles. The molecule has 1 aliphatic rings. The summed E-state index contributed by atoms with van der Waals surface area (Å²) >= 11 is 5.89. The van der Waals surface area contributed by atoms with E-state index in [0.29, 0.717) is 0 Å². The van der Waals surface area contributed by atoms with Crippen molar-refractivity contribution in [3.8, 4) is 0 Å². The third-order valence-electron chi connectivity index (χ3n) is 3.68. The number of nitrogens with two attached hydrogens (primary N) is 1. The first-order valence-electron chi connectivity index (χ1n) is 6.56. The number of nitrogens with zero attached hydrogens (tertiary/aromatic N) is 1. The second-order valence-electron chi connectivity index (χ2n) is 5.08. The molecule has 2 atom stereocenters. The van der Waals surface area contributed by atoms with Crippen molar-refractivity contribution in [2.45, 2.75) is 43.2 Å². The summed E-state index contributed by atoms with van der Waals surface area (Å²) in [5, 5.41) is -0.0986. The summed E-state index contributed by atoms with van der Waals surface area (Å²) < 4.78 is 40.0. The van der Waals surface area contributed by atoms with Gasteiger partial charge in [0.25, 0.3) is 0 Å². The van der Waals surface area contributed by atoms with Crippen molar-refractivity contribution in [3.05, 3.63) is 29.0 Å². The average Bonchev–Trinajstić information content (AvgIpc) is 2.37. The van der Waals surface area contributed by atoms with Gasteiger partial charge in [0, 0.05) is 18.6 Å². The van der Waals surface area contributed by atoms with Gasteiger partial charge in [-0.05, 0) is 38.0 Å². The fourth-order valence-corrected chi connectivity index (χ4v) is 5.11. The molecule has 2 rings (SSSR count). The maximum Gasteiger partial charge on any atom is 0.245 e. The summed E-state index contributed by atoms with van der Waals surface area (Å²) in [4.78, 5) is -0.0623. The lowest BCUT2D eigenvalue weighted by atomic mass is 10.00. The van der Waals surface area contributed by atoms with Crippen LogP contribution in [0.25, 0.3) is 0 Å². The van der Waals surface area contributed by atoms with Crippen LogP contribution in [-0.4, -0.2) is 31.4 Å². The van der Waals surface area contributed by atoms with Crippen LogP contribution in [0.4, 0.5) is 4.39 Å². The van der Waals surface area contributed by atoms with E-state index in [0.717, 1.165) is 31.4 Å². The summed E-state index contributed by atoms with van der Waals surface area (Å²) in [5.41, 5.74) is 5.69. The number of rotatable bonds is 3. The van der Waals surface area contributed by atoms with E-state index in [1.807, 2.05) is 6.92 Å². The third kappa shape index (κ3) is 2.83. The Morgan fingerprint density at radius 3 is 2.75 bits per heavy atom. The molecule has 2 unspecified atom stereocenters. The van der Waals surface area contributed by atoms with E-state index >= 15 is 0 Å². The zero-order valence-electron chi connectivity index (χ0n) is 11.2. The Morgan fingerprint density at radius 2 is 2.15 bits per heavy atom. The number of hydrogen-bond donors (Lipinski definition) is 1. The van der Waals surface area contributed by atoms with Crippen molar-refractivity contribution in [3.63, 3.8) is 0 Å². The van der Waals surface area contributed by atoms with Gasteiger partial charge in [-0.15, -0.1) is 0 Å². The second-order valence-corrected chi connectivity index (χ2v) is 7.30. The molecule has 112 valence electrons. The lowest BCUT2D eigenvalue weighted by Gasteiger charge is -2.39. The summed E-state index contributed by atoms with van der Waals surface area (Å²) in [6.07, 6.45) is 2.47. The first-order chi connectivity index (χ1) is 9.37. The molecule has 0 aliphatic carbocycles. The van der Waals surface area contributed by atoms with Gasteiger partial charge in [0.1, 0.15) is 10.7 Å². The standard InChI is InChI=1S/C13H18ClFN2O2S/c1-9-3-2-4-11(8-16)17(9)20(18,19)13-6-5-10(15)7-12(13)14/h5-7,9,11H,2-4,8,16H2,1H3. The fourth-order valence-electron chi connectivity index (χ4n) is 2.72. The van der Waals surface area contributed by atoms with Gasteiger partial charge in [0.15, 0.2) is 0 Å². The van der Waals surface area contributed by atoms with Crippen molar-refractivity contribution in [1.29, 1.82) is 0 Å². The molecular weight excluding hydrogens is 303 g/mol. The third-order valence-corrected chi connectivity index (χ3v) is 6.22. The van der Waals surface area contributed by atoms with Gasteiger partial charge in [0.05, 0.1) is 5.02 Å². The zero-order valence-corrected chi connectivity index (χ0v) is 12.8. The fraction of sp³-hybridized carbons (Fsp3) is 0.538. The highest BCUT2D eigenvalue weighted by Crippen LogP contribution is 2.32. The number of piperidine rings is 1. The molecule has 0 amide bonds. The Bertz CT molecular complexity index is 594. The highest BCUT2D eigenvalue weighted by Gasteiger charge is 2.38. The van der Waals surface area contributed by atoms with Crippen LogP contribution in [-0.2, 0) is 10.0 Å². The van der Waals surface area contributed by atoms with E-state index in [1.54, 1.807) is 0 Å². The van der Waals surface area contributed by atoms with Crippen molar-refractivity contribution in [2.24, 2.45) is 5.73 Å². The van der Waals surface area contributed by atoms with E-state index in [1.165, 1.54) is 10.4 Å². The minimum absolute atomic E-state index is 0.0623. The first-order valence-corrected chi connectivity index (χ1v) is 8.38. The smallest absolute Gasteiger partial charge is 0.245 e. The number of benzene rings is 1. The molecule has 1 fully saturated rings. The molecule has 7 heteroatoms. The quantitative estimate of drug-likeness (QED) is 0.930. The molecule has 4 nitrogen and oxygen atoms in total. The Balaban J connectivity index is 2.47. The van der Waals surface area contributed by atoms with Crippen LogP contribution in [0, 0.1) is 5.82 Å². The summed E-state index contributed by atoms with van der Waals surface area (Å²) in [6, 6.07) is 2.96. The van der Waals surface area contributed by atoms with Gasteiger partial charge in [-0.2, -0.15) is 4.31 Å². The van der Waals surface area contributed by atoms with Crippen LogP contribution >= 0.6 is 11.6 Å². The summed E-state index contributed by atoms with van der Waals surface area (Å²) in [5.74, 6) is -0.559. The molecule has 20 heavy (non-hydrogen) atoms. The van der Waals surface area contributed by atoms with Gasteiger partial charge in [-0.3, -0.25) is 0 Å². The monoisotopic (exact) mass is 320 g/mol. The molecule has 0 bridgehead atoms. The van der Waals surface area contributed by atoms with Gasteiger partial charge in [-0.25, -0.2) is 12.8 Å². The highest BCUT2D eigenvalue weighted by molar-refractivity contribution is 7.89. The molecule has 0 radical (unpaired) electrons. The lowest BCUT2D eigenvalue weighted by Crippen LogP contribution is -2.51. The summed E-state index contributed by atoms with van der Waals surface area (Å²) in [7, 11) is -3.77. The lowest BCUT2D eigenvalue weighted by molar-refractivity contribution is 0.196. The topological polar surface area (TPSA) is 63.4 Å². The van der Waals surface area contributed by atoms with Gasteiger partial charge < -0.3 is 5.73 Å². The van der Waals surface area contributed by atoms with E-state index in [9.17, 15) is 12.8 Å². The predicted octanol–water partition coefficient (Wildman–Crippen LogP) is 2.37. The first kappa shape index (κ1) is 15.7. The minimum atomic E-state index is -3.77. The maximum absolute atomic E-state index is 13.1. The van der Waals surface area contributed by atoms with E-state index in [2.05, 4.69) is 0 Å². The minimum Gasteiger partial charge on any atom is -0.329 e. The van der Waals surface area contributed by atoms with Gasteiger partial charge in [0.2, 0.25) is 10.0 Å². The number of hydrogen-bond acceptors (Lipinski definition) is 3. The Hall–Kier alpha value is -0.690. The highest BCUT2D eigenvalue weighted by atomic mass is 35.5. The Labute approximate surface area is 123 Å². The molecule has 0 spiro atoms. The van der Waals surface area contributed by atoms with Crippen LogP contribution in [0.15, 0.2) is 23.1 Å². The predicted molar refractivity (Wildman–Crippen MR) is 76.6 cm³/mol. The number of sulfonamides is 1. The van der Waals surface area contributed by atoms with Crippen LogP contribution in [0.2, 0.25) is 5.02 Å². The van der Waals surface area contributed by atoms with E-state index < -0.39 is 15.8 Å². The summed E-state index contributed by atoms with van der Waals surface area (Å²) in [6.45, 7) is 2.12. The molecule has 2 N–H and O–H groups in total.